The summed E-state index contributed by atoms with van der Waals surface area (Å²) in [5.74, 6) is 0.684. The molecule has 0 spiro atoms. The first-order valence-electron chi connectivity index (χ1n) is 10.3. The van der Waals surface area contributed by atoms with E-state index in [9.17, 15) is 13.2 Å². The molecule has 1 amide bonds. The lowest BCUT2D eigenvalue weighted by Crippen LogP contribution is -2.41. The molecule has 2 heterocycles. The van der Waals surface area contributed by atoms with E-state index in [1.165, 1.54) is 4.31 Å². The van der Waals surface area contributed by atoms with Crippen LogP contribution in [0.2, 0.25) is 0 Å². The van der Waals surface area contributed by atoms with Crippen molar-refractivity contribution in [2.45, 2.75) is 64.7 Å². The molecule has 1 aromatic heterocycles. The normalized spacial score (nSPS) is 16.6. The Balaban J connectivity index is 1.66. The number of rotatable bonds is 4. The summed E-state index contributed by atoms with van der Waals surface area (Å²) in [6.07, 6.45) is 0.942. The van der Waals surface area contributed by atoms with Crippen molar-refractivity contribution in [3.8, 4) is 0 Å². The predicted octanol–water partition coefficient (Wildman–Crippen LogP) is 3.94. The van der Waals surface area contributed by atoms with Crippen molar-refractivity contribution in [1.29, 1.82) is 0 Å². The number of carbonyl (C=O) groups is 1. The number of amides is 1. The fourth-order valence-corrected chi connectivity index (χ4v) is 5.86. The maximum absolute atomic E-state index is 13.2. The molecule has 0 unspecified atom stereocenters. The number of aromatic nitrogens is 1. The maximum atomic E-state index is 13.2. The average molecular weight is 434 g/mol. The lowest BCUT2D eigenvalue weighted by atomic mass is 9.93. The van der Waals surface area contributed by atoms with Gasteiger partial charge in [0.1, 0.15) is 5.76 Å². The van der Waals surface area contributed by atoms with Gasteiger partial charge in [-0.1, -0.05) is 43.6 Å². The van der Waals surface area contributed by atoms with Crippen LogP contribution in [0.3, 0.4) is 0 Å². The third-order valence-corrected chi connectivity index (χ3v) is 7.73. The number of benzene rings is 1. The number of nitrogens with zero attached hydrogens (tertiary/aromatic N) is 2. The third-order valence-electron chi connectivity index (χ3n) is 5.53. The van der Waals surface area contributed by atoms with Crippen molar-refractivity contribution in [1.82, 2.24) is 9.46 Å². The molecule has 8 heteroatoms. The smallest absolute Gasteiger partial charge is 0.243 e. The molecule has 1 saturated heterocycles. The van der Waals surface area contributed by atoms with E-state index in [2.05, 4.69) is 10.5 Å². The first-order chi connectivity index (χ1) is 13.9. The number of hydrogen-bond acceptors (Lipinski definition) is 5. The Morgan fingerprint density at radius 3 is 2.17 bits per heavy atom. The van der Waals surface area contributed by atoms with Crippen LogP contribution in [-0.4, -0.2) is 36.9 Å². The van der Waals surface area contributed by atoms with E-state index < -0.39 is 10.0 Å². The van der Waals surface area contributed by atoms with Crippen molar-refractivity contribution in [2.24, 2.45) is 5.92 Å². The van der Waals surface area contributed by atoms with Gasteiger partial charge in [0.2, 0.25) is 15.9 Å². The molecule has 1 aliphatic heterocycles. The second-order valence-corrected chi connectivity index (χ2v) is 11.1. The van der Waals surface area contributed by atoms with E-state index in [-0.39, 0.29) is 17.2 Å². The van der Waals surface area contributed by atoms with E-state index in [1.807, 2.05) is 53.7 Å². The summed E-state index contributed by atoms with van der Waals surface area (Å²) in [4.78, 5) is 13.0. The van der Waals surface area contributed by atoms with Crippen LogP contribution in [0.15, 0.2) is 27.6 Å². The van der Waals surface area contributed by atoms with Crippen LogP contribution in [0.25, 0.3) is 0 Å². The largest absolute Gasteiger partial charge is 0.359 e. The second kappa shape index (κ2) is 8.15. The summed E-state index contributed by atoms with van der Waals surface area (Å²) >= 11 is 0. The molecular formula is C22H31N3O4S. The van der Waals surface area contributed by atoms with Crippen LogP contribution < -0.4 is 5.32 Å². The van der Waals surface area contributed by atoms with Gasteiger partial charge in [-0.15, -0.1) is 0 Å². The zero-order valence-corrected chi connectivity index (χ0v) is 19.4. The summed E-state index contributed by atoms with van der Waals surface area (Å²) in [5, 5.41) is 6.73. The standard InChI is InChI=1S/C22H31N3O4S/c1-14-11-15(2)20(16(3)12-14)30(27,28)25-9-7-17(8-10-25)21(26)23-19-13-18(29-24-19)22(4,5)6/h11-13,17H,7-10H2,1-6H3,(H,23,24,26). The molecule has 1 fully saturated rings. The molecule has 164 valence electrons. The van der Waals surface area contributed by atoms with Gasteiger partial charge in [0.15, 0.2) is 5.82 Å². The number of carbonyl (C=O) groups excluding carboxylic acids is 1. The zero-order valence-electron chi connectivity index (χ0n) is 18.6. The number of hydrogen-bond donors (Lipinski definition) is 1. The highest BCUT2D eigenvalue weighted by molar-refractivity contribution is 7.89. The second-order valence-electron chi connectivity index (χ2n) is 9.22. The van der Waals surface area contributed by atoms with Gasteiger partial charge in [0.25, 0.3) is 0 Å². The lowest BCUT2D eigenvalue weighted by molar-refractivity contribution is -0.120. The maximum Gasteiger partial charge on any atom is 0.243 e. The van der Waals surface area contributed by atoms with E-state index in [4.69, 9.17) is 4.52 Å². The average Bonchev–Trinajstić information content (AvgIpc) is 3.09. The first-order valence-corrected chi connectivity index (χ1v) is 11.7. The van der Waals surface area contributed by atoms with Crippen molar-refractivity contribution >= 4 is 21.7 Å². The molecule has 0 atom stereocenters. The molecule has 0 aliphatic carbocycles. The number of anilines is 1. The van der Waals surface area contributed by atoms with Gasteiger partial charge in [0.05, 0.1) is 4.90 Å². The van der Waals surface area contributed by atoms with Crippen molar-refractivity contribution in [3.05, 3.63) is 40.6 Å². The van der Waals surface area contributed by atoms with Crippen LogP contribution in [0, 0.1) is 26.7 Å². The molecule has 1 aliphatic rings. The minimum Gasteiger partial charge on any atom is -0.359 e. The van der Waals surface area contributed by atoms with Gasteiger partial charge in [-0.3, -0.25) is 4.79 Å². The van der Waals surface area contributed by atoms with Crippen LogP contribution in [0.4, 0.5) is 5.82 Å². The topological polar surface area (TPSA) is 92.5 Å². The fraction of sp³-hybridized carbons (Fsp3) is 0.545. The summed E-state index contributed by atoms with van der Waals surface area (Å²) < 4.78 is 33.2. The van der Waals surface area contributed by atoms with Crippen molar-refractivity contribution in [2.75, 3.05) is 18.4 Å². The minimum atomic E-state index is -3.59. The van der Waals surface area contributed by atoms with Crippen molar-refractivity contribution < 1.29 is 17.7 Å². The van der Waals surface area contributed by atoms with Gasteiger partial charge in [0, 0.05) is 30.5 Å². The van der Waals surface area contributed by atoms with E-state index in [1.54, 1.807) is 6.07 Å². The molecule has 2 aromatic rings. The van der Waals surface area contributed by atoms with Gasteiger partial charge >= 0.3 is 0 Å². The highest BCUT2D eigenvalue weighted by Crippen LogP contribution is 2.30. The van der Waals surface area contributed by atoms with Gasteiger partial charge < -0.3 is 9.84 Å². The summed E-state index contributed by atoms with van der Waals surface area (Å²) in [6.45, 7) is 12.3. The number of aryl methyl sites for hydroxylation is 3. The highest BCUT2D eigenvalue weighted by atomic mass is 32.2. The lowest BCUT2D eigenvalue weighted by Gasteiger charge is -2.31. The Kier molecular flexibility index (Phi) is 6.11. The van der Waals surface area contributed by atoms with Crippen LogP contribution >= 0.6 is 0 Å². The number of nitrogens with one attached hydrogen (secondary N) is 1. The van der Waals surface area contributed by atoms with Gasteiger partial charge in [-0.2, -0.15) is 4.31 Å². The molecule has 7 nitrogen and oxygen atoms in total. The Morgan fingerprint density at radius 2 is 1.67 bits per heavy atom. The molecule has 0 saturated carbocycles. The van der Waals surface area contributed by atoms with Crippen LogP contribution in [0.5, 0.6) is 0 Å². The Hall–Kier alpha value is -2.19. The van der Waals surface area contributed by atoms with Gasteiger partial charge in [-0.25, -0.2) is 8.42 Å². The van der Waals surface area contributed by atoms with E-state index >= 15 is 0 Å². The molecule has 1 aromatic carbocycles. The Bertz CT molecular complexity index is 1020. The summed E-state index contributed by atoms with van der Waals surface area (Å²) in [5.41, 5.74) is 2.37. The molecule has 1 N–H and O–H groups in total. The molecule has 30 heavy (non-hydrogen) atoms. The molecule has 0 bridgehead atoms. The highest BCUT2D eigenvalue weighted by Gasteiger charge is 2.34. The van der Waals surface area contributed by atoms with E-state index in [0.717, 1.165) is 16.7 Å². The Labute approximate surface area is 178 Å². The summed E-state index contributed by atoms with van der Waals surface area (Å²) in [6, 6.07) is 5.52. The molecular weight excluding hydrogens is 402 g/mol. The Morgan fingerprint density at radius 1 is 1.10 bits per heavy atom. The number of sulfonamides is 1. The molecule has 0 radical (unpaired) electrons. The summed E-state index contributed by atoms with van der Waals surface area (Å²) in [7, 11) is -3.59. The zero-order chi connectivity index (χ0) is 22.3. The van der Waals surface area contributed by atoms with Crippen LogP contribution in [-0.2, 0) is 20.2 Å². The van der Waals surface area contributed by atoms with Crippen LogP contribution in [0.1, 0.15) is 56.1 Å². The number of piperidine rings is 1. The first kappa shape index (κ1) is 22.5. The predicted molar refractivity (Wildman–Crippen MR) is 116 cm³/mol. The SMILES string of the molecule is Cc1cc(C)c(S(=O)(=O)N2CCC(C(=O)Nc3cc(C(C)(C)C)on3)CC2)c(C)c1. The minimum absolute atomic E-state index is 0.150. The quantitative estimate of drug-likeness (QED) is 0.788. The molecule has 3 rings (SSSR count). The van der Waals surface area contributed by atoms with Crippen molar-refractivity contribution in [3.63, 3.8) is 0 Å². The monoisotopic (exact) mass is 433 g/mol. The third kappa shape index (κ3) is 4.59. The van der Waals surface area contributed by atoms with Gasteiger partial charge in [-0.05, 0) is 44.7 Å². The fourth-order valence-electron chi connectivity index (χ4n) is 3.98. The van der Waals surface area contributed by atoms with E-state index in [0.29, 0.717) is 42.4 Å².